The first-order chi connectivity index (χ1) is 24.5. The molecule has 1 spiro atoms. The molecule has 3 N–H and O–H groups in total. The maximum absolute atomic E-state index is 14.8. The molecule has 1 fully saturated rings. The average Bonchev–Trinajstić information content (AvgIpc) is 3.54. The number of fused-ring (bicyclic) bond motifs is 2. The minimum absolute atomic E-state index is 0.0357. The van der Waals surface area contributed by atoms with E-state index >= 15 is 0 Å². The van der Waals surface area contributed by atoms with E-state index in [1.165, 1.54) is 0 Å². The van der Waals surface area contributed by atoms with E-state index in [9.17, 15) is 24.3 Å². The SMILES string of the molecule is COc1ccc(C(=O)Nc2cccc(CN3C(=O)[C@@]4(O[C@@H](CC(=O)N(CCO)Cc5ccccc5)[C@H]([Si](C)(C)O)[C@H]4C)c4ccccc43)c2)cc1. The highest BCUT2D eigenvalue weighted by atomic mass is 28.4. The van der Waals surface area contributed by atoms with E-state index in [4.69, 9.17) is 9.47 Å². The number of benzene rings is 4. The molecule has 2 aliphatic heterocycles. The van der Waals surface area contributed by atoms with Crippen molar-refractivity contribution >= 4 is 37.4 Å². The molecule has 3 amide bonds. The molecule has 2 aliphatic rings. The van der Waals surface area contributed by atoms with E-state index in [-0.39, 0.29) is 43.8 Å². The highest BCUT2D eigenvalue weighted by Gasteiger charge is 2.66. The first kappa shape index (κ1) is 36.0. The van der Waals surface area contributed by atoms with Gasteiger partial charge in [0, 0.05) is 41.4 Å². The number of amides is 3. The summed E-state index contributed by atoms with van der Waals surface area (Å²) >= 11 is 0. The maximum Gasteiger partial charge on any atom is 0.264 e. The van der Waals surface area contributed by atoms with Crippen LogP contribution < -0.4 is 15.0 Å². The molecule has 4 atom stereocenters. The Hall–Kier alpha value is -4.81. The van der Waals surface area contributed by atoms with Gasteiger partial charge in [0.1, 0.15) is 5.75 Å². The number of carbonyl (C=O) groups is 3. The Morgan fingerprint density at radius 1 is 0.961 bits per heavy atom. The van der Waals surface area contributed by atoms with Crippen molar-refractivity contribution in [3.63, 3.8) is 0 Å². The van der Waals surface area contributed by atoms with Gasteiger partial charge in [-0.25, -0.2) is 0 Å². The van der Waals surface area contributed by atoms with Crippen LogP contribution in [0.3, 0.4) is 0 Å². The molecule has 6 rings (SSSR count). The van der Waals surface area contributed by atoms with E-state index in [2.05, 4.69) is 5.32 Å². The van der Waals surface area contributed by atoms with Crippen molar-refractivity contribution in [3.8, 4) is 5.75 Å². The third kappa shape index (κ3) is 7.20. The third-order valence-electron chi connectivity index (χ3n) is 10.1. The number of para-hydroxylation sites is 1. The van der Waals surface area contributed by atoms with Gasteiger partial charge in [0.2, 0.25) is 5.91 Å². The number of hydrogen-bond donors (Lipinski definition) is 3. The Kier molecular flexibility index (Phi) is 10.5. The highest BCUT2D eigenvalue weighted by Crippen LogP contribution is 2.59. The Bertz CT molecular complexity index is 1880. The Morgan fingerprint density at radius 3 is 2.33 bits per heavy atom. The molecule has 2 heterocycles. The number of methoxy groups -OCH3 is 1. The van der Waals surface area contributed by atoms with Gasteiger partial charge in [-0.2, -0.15) is 0 Å². The van der Waals surface area contributed by atoms with Crippen LogP contribution in [0.2, 0.25) is 18.6 Å². The summed E-state index contributed by atoms with van der Waals surface area (Å²) in [5.74, 6) is -0.513. The van der Waals surface area contributed by atoms with Gasteiger partial charge in [0.15, 0.2) is 13.9 Å². The number of rotatable bonds is 12. The van der Waals surface area contributed by atoms with Crippen LogP contribution in [0.15, 0.2) is 103 Å². The van der Waals surface area contributed by atoms with Crippen LogP contribution in [0.25, 0.3) is 0 Å². The number of anilines is 2. The van der Waals surface area contributed by atoms with Gasteiger partial charge >= 0.3 is 0 Å². The predicted molar refractivity (Wildman–Crippen MR) is 198 cm³/mol. The molecule has 0 unspecified atom stereocenters. The summed E-state index contributed by atoms with van der Waals surface area (Å²) in [4.78, 5) is 56.7. The molecule has 0 aromatic heterocycles. The summed E-state index contributed by atoms with van der Waals surface area (Å²) in [6.07, 6.45) is -0.754. The van der Waals surface area contributed by atoms with Gasteiger partial charge < -0.3 is 34.5 Å². The van der Waals surface area contributed by atoms with E-state index in [1.54, 1.807) is 47.2 Å². The quantitative estimate of drug-likeness (QED) is 0.161. The predicted octanol–water partition coefficient (Wildman–Crippen LogP) is 5.70. The number of nitrogens with zero attached hydrogens (tertiary/aromatic N) is 2. The second kappa shape index (κ2) is 14.8. The summed E-state index contributed by atoms with van der Waals surface area (Å²) in [7, 11) is -1.44. The number of aliphatic hydroxyl groups is 1. The van der Waals surface area contributed by atoms with Crippen LogP contribution in [0.4, 0.5) is 11.4 Å². The normalized spacial score (nSPS) is 21.1. The lowest BCUT2D eigenvalue weighted by atomic mass is 9.82. The minimum Gasteiger partial charge on any atom is -0.497 e. The Morgan fingerprint density at radius 2 is 1.65 bits per heavy atom. The smallest absolute Gasteiger partial charge is 0.264 e. The van der Waals surface area contributed by atoms with Crippen molar-refractivity contribution in [3.05, 3.63) is 125 Å². The number of ether oxygens (including phenoxy) is 2. The zero-order chi connectivity index (χ0) is 36.3. The van der Waals surface area contributed by atoms with Gasteiger partial charge in [-0.05, 0) is 66.7 Å². The van der Waals surface area contributed by atoms with Gasteiger partial charge in [-0.1, -0.05) is 67.6 Å². The lowest BCUT2D eigenvalue weighted by Crippen LogP contribution is -2.46. The second-order valence-corrected chi connectivity index (χ2v) is 17.9. The number of hydrogen-bond acceptors (Lipinski definition) is 7. The van der Waals surface area contributed by atoms with Crippen molar-refractivity contribution in [1.29, 1.82) is 0 Å². The molecule has 4 aromatic carbocycles. The van der Waals surface area contributed by atoms with Crippen LogP contribution in [-0.2, 0) is 33.0 Å². The molecule has 51 heavy (non-hydrogen) atoms. The summed E-state index contributed by atoms with van der Waals surface area (Å²) < 4.78 is 12.1. The van der Waals surface area contributed by atoms with Crippen LogP contribution in [-0.4, -0.2) is 67.2 Å². The molecular formula is C40H45N3O7Si. The van der Waals surface area contributed by atoms with E-state index in [1.807, 2.05) is 92.8 Å². The lowest BCUT2D eigenvalue weighted by Gasteiger charge is -2.32. The fraction of sp³-hybridized carbons (Fsp3) is 0.325. The first-order valence-electron chi connectivity index (χ1n) is 17.2. The third-order valence-corrected chi connectivity index (χ3v) is 12.6. The fourth-order valence-electron chi connectivity index (χ4n) is 7.78. The zero-order valence-corrected chi connectivity index (χ0v) is 30.4. The number of nitrogens with one attached hydrogen (secondary N) is 1. The van der Waals surface area contributed by atoms with Crippen molar-refractivity contribution in [1.82, 2.24) is 4.90 Å². The monoisotopic (exact) mass is 707 g/mol. The molecule has 266 valence electrons. The Labute approximate surface area is 299 Å². The van der Waals surface area contributed by atoms with Crippen LogP contribution in [0.5, 0.6) is 5.75 Å². The fourth-order valence-corrected chi connectivity index (χ4v) is 10.3. The summed E-state index contributed by atoms with van der Waals surface area (Å²) in [5, 5.41) is 12.8. The Balaban J connectivity index is 1.26. The van der Waals surface area contributed by atoms with Crippen molar-refractivity contribution < 1.29 is 33.8 Å². The van der Waals surface area contributed by atoms with Crippen LogP contribution in [0, 0.1) is 5.92 Å². The molecule has 0 aliphatic carbocycles. The van der Waals surface area contributed by atoms with Gasteiger partial charge in [0.05, 0.1) is 38.5 Å². The van der Waals surface area contributed by atoms with Crippen molar-refractivity contribution in [2.45, 2.75) is 56.8 Å². The summed E-state index contributed by atoms with van der Waals surface area (Å²) in [6, 6.07) is 31.3. The van der Waals surface area contributed by atoms with Gasteiger partial charge in [-0.3, -0.25) is 14.4 Å². The summed E-state index contributed by atoms with van der Waals surface area (Å²) in [6.45, 7) is 6.12. The van der Waals surface area contributed by atoms with E-state index < -0.39 is 31.5 Å². The topological polar surface area (TPSA) is 129 Å². The van der Waals surface area contributed by atoms with Crippen LogP contribution >= 0.6 is 0 Å². The number of carbonyl (C=O) groups excluding carboxylic acids is 3. The van der Waals surface area contributed by atoms with Crippen molar-refractivity contribution in [2.75, 3.05) is 30.5 Å². The molecule has 1 saturated heterocycles. The molecule has 0 radical (unpaired) electrons. The van der Waals surface area contributed by atoms with Gasteiger partial charge in [0.25, 0.3) is 11.8 Å². The second-order valence-electron chi connectivity index (χ2n) is 13.9. The molecule has 4 aromatic rings. The standard InChI is InChI=1S/C40H45N3O7Si/c1-27-37(51(3,4)48)35(24-36(45)42(21-22-44)25-28-11-6-5-7-12-28)50-40(27)33-15-8-9-16-34(33)43(39(40)47)26-29-13-10-14-31(23-29)41-38(46)30-17-19-32(49-2)20-18-30/h5-20,23,27,35,37,44,48H,21-22,24-26H2,1-4H3,(H,41,46)/t27-,35+,37-,40+/m1/s1. The summed E-state index contributed by atoms with van der Waals surface area (Å²) in [5.41, 5.74) is 2.39. The van der Waals surface area contributed by atoms with Gasteiger partial charge in [-0.15, -0.1) is 0 Å². The largest absolute Gasteiger partial charge is 0.497 e. The molecule has 0 saturated carbocycles. The highest BCUT2D eigenvalue weighted by molar-refractivity contribution is 6.71. The van der Waals surface area contributed by atoms with E-state index in [0.29, 0.717) is 34.8 Å². The lowest BCUT2D eigenvalue weighted by molar-refractivity contribution is -0.150. The van der Waals surface area contributed by atoms with E-state index in [0.717, 1.165) is 11.1 Å². The maximum atomic E-state index is 14.8. The van der Waals surface area contributed by atoms with Crippen LogP contribution in [0.1, 0.15) is 40.4 Å². The average molecular weight is 708 g/mol. The molecule has 10 nitrogen and oxygen atoms in total. The molecule has 0 bridgehead atoms. The molecular weight excluding hydrogens is 663 g/mol. The minimum atomic E-state index is -3.00. The first-order valence-corrected chi connectivity index (χ1v) is 20.3. The zero-order valence-electron chi connectivity index (χ0n) is 29.4. The van der Waals surface area contributed by atoms with Crippen molar-refractivity contribution in [2.24, 2.45) is 5.92 Å². The molecule has 11 heteroatoms. The number of aliphatic hydroxyl groups excluding tert-OH is 1.